The molecule has 1 aliphatic heterocycles. The van der Waals surface area contributed by atoms with Gasteiger partial charge in [0.15, 0.2) is 0 Å². The standard InChI is InChI=1S/C18H17BrINO2/c1-11-3-8-15(14(19)9-11)21-16-10-18(2,23-17(16)22)12-4-6-13(20)7-5-12/h3-9,16,21H,10H2,1-2H3. The number of aryl methyl sites for hydroxylation is 1. The minimum Gasteiger partial charge on any atom is -0.453 e. The van der Waals surface area contributed by atoms with Gasteiger partial charge in [0.1, 0.15) is 11.6 Å². The highest BCUT2D eigenvalue weighted by molar-refractivity contribution is 14.1. The van der Waals surface area contributed by atoms with Crippen molar-refractivity contribution in [2.24, 2.45) is 0 Å². The summed E-state index contributed by atoms with van der Waals surface area (Å²) >= 11 is 5.81. The number of anilines is 1. The van der Waals surface area contributed by atoms with Gasteiger partial charge in [-0.05, 0) is 87.8 Å². The Morgan fingerprint density at radius 3 is 2.61 bits per heavy atom. The molecule has 0 bridgehead atoms. The topological polar surface area (TPSA) is 38.3 Å². The highest BCUT2D eigenvalue weighted by atomic mass is 127. The van der Waals surface area contributed by atoms with Crippen molar-refractivity contribution in [2.45, 2.75) is 31.9 Å². The predicted molar refractivity (Wildman–Crippen MR) is 104 cm³/mol. The highest BCUT2D eigenvalue weighted by Crippen LogP contribution is 2.38. The number of halogens is 2. The molecule has 23 heavy (non-hydrogen) atoms. The van der Waals surface area contributed by atoms with Crippen LogP contribution in [0.4, 0.5) is 5.69 Å². The van der Waals surface area contributed by atoms with Gasteiger partial charge in [0, 0.05) is 20.2 Å². The van der Waals surface area contributed by atoms with Gasteiger partial charge in [-0.25, -0.2) is 4.79 Å². The van der Waals surface area contributed by atoms with Gasteiger partial charge < -0.3 is 10.1 Å². The van der Waals surface area contributed by atoms with Crippen LogP contribution in [0.2, 0.25) is 0 Å². The Balaban J connectivity index is 1.80. The Hall–Kier alpha value is -1.08. The van der Waals surface area contributed by atoms with E-state index in [0.29, 0.717) is 6.42 Å². The number of hydrogen-bond acceptors (Lipinski definition) is 3. The molecule has 0 spiro atoms. The van der Waals surface area contributed by atoms with E-state index in [1.54, 1.807) is 0 Å². The van der Waals surface area contributed by atoms with Crippen LogP contribution in [-0.2, 0) is 15.1 Å². The number of esters is 1. The largest absolute Gasteiger partial charge is 0.453 e. The van der Waals surface area contributed by atoms with Crippen LogP contribution in [0.15, 0.2) is 46.9 Å². The molecular weight excluding hydrogens is 469 g/mol. The van der Waals surface area contributed by atoms with Crippen molar-refractivity contribution in [1.82, 2.24) is 0 Å². The molecule has 3 rings (SSSR count). The monoisotopic (exact) mass is 485 g/mol. The van der Waals surface area contributed by atoms with E-state index in [-0.39, 0.29) is 12.0 Å². The molecule has 2 atom stereocenters. The summed E-state index contributed by atoms with van der Waals surface area (Å²) in [6.45, 7) is 4.01. The van der Waals surface area contributed by atoms with Crippen LogP contribution in [0.1, 0.15) is 24.5 Å². The van der Waals surface area contributed by atoms with E-state index in [1.165, 1.54) is 5.56 Å². The molecule has 3 nitrogen and oxygen atoms in total. The third kappa shape index (κ3) is 3.55. The minimum absolute atomic E-state index is 0.210. The molecule has 0 aliphatic carbocycles. The molecule has 5 heteroatoms. The van der Waals surface area contributed by atoms with Crippen LogP contribution < -0.4 is 5.32 Å². The van der Waals surface area contributed by atoms with Gasteiger partial charge in [-0.3, -0.25) is 0 Å². The Labute approximate surface area is 158 Å². The maximum absolute atomic E-state index is 12.3. The average Bonchev–Trinajstić information content (AvgIpc) is 2.78. The van der Waals surface area contributed by atoms with Crippen molar-refractivity contribution in [3.63, 3.8) is 0 Å². The van der Waals surface area contributed by atoms with Crippen LogP contribution in [-0.4, -0.2) is 12.0 Å². The molecule has 0 aromatic heterocycles. The van der Waals surface area contributed by atoms with Crippen molar-refractivity contribution in [3.05, 3.63) is 61.6 Å². The van der Waals surface area contributed by atoms with Crippen LogP contribution >= 0.6 is 38.5 Å². The Kier molecular flexibility index (Phi) is 4.69. The maximum atomic E-state index is 12.3. The second kappa shape index (κ2) is 6.43. The molecule has 1 heterocycles. The Morgan fingerprint density at radius 1 is 1.26 bits per heavy atom. The second-order valence-corrected chi connectivity index (χ2v) is 8.14. The summed E-state index contributed by atoms with van der Waals surface area (Å²) in [6, 6.07) is 13.8. The van der Waals surface area contributed by atoms with E-state index < -0.39 is 5.60 Å². The molecular formula is C18H17BrINO2. The first kappa shape index (κ1) is 16.8. The van der Waals surface area contributed by atoms with Gasteiger partial charge in [-0.15, -0.1) is 0 Å². The van der Waals surface area contributed by atoms with Crippen molar-refractivity contribution in [3.8, 4) is 0 Å². The lowest BCUT2D eigenvalue weighted by Gasteiger charge is -2.23. The van der Waals surface area contributed by atoms with E-state index in [4.69, 9.17) is 4.74 Å². The maximum Gasteiger partial charge on any atom is 0.329 e. The van der Waals surface area contributed by atoms with E-state index in [0.717, 1.165) is 19.3 Å². The van der Waals surface area contributed by atoms with Crippen LogP contribution in [0.25, 0.3) is 0 Å². The quantitative estimate of drug-likeness (QED) is 0.490. The smallest absolute Gasteiger partial charge is 0.329 e. The molecule has 1 aliphatic rings. The molecule has 2 aromatic carbocycles. The van der Waals surface area contributed by atoms with Gasteiger partial charge in [0.2, 0.25) is 0 Å². The fraction of sp³-hybridized carbons (Fsp3) is 0.278. The number of nitrogens with one attached hydrogen (secondary N) is 1. The van der Waals surface area contributed by atoms with Crippen molar-refractivity contribution < 1.29 is 9.53 Å². The van der Waals surface area contributed by atoms with Gasteiger partial charge in [0.25, 0.3) is 0 Å². The first-order chi connectivity index (χ1) is 10.9. The molecule has 2 unspecified atom stereocenters. The first-order valence-corrected chi connectivity index (χ1v) is 9.26. The molecule has 1 saturated heterocycles. The Morgan fingerprint density at radius 2 is 1.96 bits per heavy atom. The molecule has 120 valence electrons. The molecule has 1 N–H and O–H groups in total. The fourth-order valence-corrected chi connectivity index (χ4v) is 3.79. The molecule has 0 saturated carbocycles. The van der Waals surface area contributed by atoms with E-state index >= 15 is 0 Å². The third-order valence-corrected chi connectivity index (χ3v) is 5.49. The zero-order chi connectivity index (χ0) is 16.6. The van der Waals surface area contributed by atoms with Crippen molar-refractivity contribution in [2.75, 3.05) is 5.32 Å². The van der Waals surface area contributed by atoms with Gasteiger partial charge in [-0.2, -0.15) is 0 Å². The van der Waals surface area contributed by atoms with Crippen molar-refractivity contribution in [1.29, 1.82) is 0 Å². The zero-order valence-electron chi connectivity index (χ0n) is 12.9. The van der Waals surface area contributed by atoms with Gasteiger partial charge >= 0.3 is 5.97 Å². The number of hydrogen-bond donors (Lipinski definition) is 1. The van der Waals surface area contributed by atoms with Gasteiger partial charge in [-0.1, -0.05) is 18.2 Å². The lowest BCUT2D eigenvalue weighted by Crippen LogP contribution is -2.25. The first-order valence-electron chi connectivity index (χ1n) is 7.39. The fourth-order valence-electron chi connectivity index (χ4n) is 2.82. The van der Waals surface area contributed by atoms with Crippen LogP contribution in [0, 0.1) is 10.5 Å². The lowest BCUT2D eigenvalue weighted by atomic mass is 9.91. The minimum atomic E-state index is -0.587. The number of carbonyl (C=O) groups is 1. The number of rotatable bonds is 3. The predicted octanol–water partition coefficient (Wildman–Crippen LogP) is 5.00. The van der Waals surface area contributed by atoms with Crippen LogP contribution in [0.3, 0.4) is 0 Å². The summed E-state index contributed by atoms with van der Waals surface area (Å²) in [4.78, 5) is 12.3. The molecule has 0 amide bonds. The van der Waals surface area contributed by atoms with Gasteiger partial charge in [0.05, 0.1) is 0 Å². The number of cyclic esters (lactones) is 1. The van der Waals surface area contributed by atoms with Crippen molar-refractivity contribution >= 4 is 50.2 Å². The molecule has 1 fully saturated rings. The van der Waals surface area contributed by atoms with E-state index in [2.05, 4.69) is 43.8 Å². The second-order valence-electron chi connectivity index (χ2n) is 6.04. The average molecular weight is 486 g/mol. The van der Waals surface area contributed by atoms with E-state index in [1.807, 2.05) is 56.3 Å². The summed E-state index contributed by atoms with van der Waals surface area (Å²) < 4.78 is 7.82. The summed E-state index contributed by atoms with van der Waals surface area (Å²) in [5, 5.41) is 3.30. The van der Waals surface area contributed by atoms with Crippen LogP contribution in [0.5, 0.6) is 0 Å². The molecule has 2 aromatic rings. The lowest BCUT2D eigenvalue weighted by molar-refractivity contribution is -0.148. The number of ether oxygens (including phenoxy) is 1. The number of benzene rings is 2. The third-order valence-electron chi connectivity index (χ3n) is 4.11. The normalized spacial score (nSPS) is 23.7. The Bertz CT molecular complexity index is 747. The summed E-state index contributed by atoms with van der Waals surface area (Å²) in [5.74, 6) is -0.210. The summed E-state index contributed by atoms with van der Waals surface area (Å²) in [5.41, 5.74) is 2.51. The zero-order valence-corrected chi connectivity index (χ0v) is 16.6. The molecule has 0 radical (unpaired) electrons. The summed E-state index contributed by atoms with van der Waals surface area (Å²) in [7, 11) is 0. The SMILES string of the molecule is Cc1ccc(NC2CC(C)(c3ccc(I)cc3)OC2=O)c(Br)c1. The summed E-state index contributed by atoms with van der Waals surface area (Å²) in [6.07, 6.45) is 0.604. The van der Waals surface area contributed by atoms with E-state index in [9.17, 15) is 4.79 Å². The number of carbonyl (C=O) groups excluding carboxylic acids is 1. The highest BCUT2D eigenvalue weighted by Gasteiger charge is 2.44.